The minimum Gasteiger partial charge on any atom is -0.307 e. The van der Waals surface area contributed by atoms with Gasteiger partial charge < -0.3 is 5.32 Å². The van der Waals surface area contributed by atoms with Gasteiger partial charge in [-0.2, -0.15) is 5.10 Å². The van der Waals surface area contributed by atoms with Gasteiger partial charge in [0.2, 0.25) is 0 Å². The molecule has 1 aliphatic heterocycles. The van der Waals surface area contributed by atoms with E-state index >= 15 is 0 Å². The summed E-state index contributed by atoms with van der Waals surface area (Å²) in [7, 11) is 0. The number of hydrogen-bond acceptors (Lipinski definition) is 3. The van der Waals surface area contributed by atoms with Gasteiger partial charge in [-0.1, -0.05) is 0 Å². The van der Waals surface area contributed by atoms with E-state index in [1.54, 1.807) is 6.20 Å². The van der Waals surface area contributed by atoms with Gasteiger partial charge in [-0.05, 0) is 0 Å². The Bertz CT molecular complexity index is 432. The molecule has 0 unspecified atom stereocenters. The molecule has 2 aromatic heterocycles. The molecule has 3 heterocycles. The fourth-order valence-electron chi connectivity index (χ4n) is 1.61. The molecule has 0 atom stereocenters. The maximum Gasteiger partial charge on any atom is 0.155 e. The number of hydrogen-bond donors (Lipinski definition) is 1. The van der Waals surface area contributed by atoms with Crippen molar-refractivity contribution < 1.29 is 0 Å². The van der Waals surface area contributed by atoms with Crippen molar-refractivity contribution in [1.82, 2.24) is 19.9 Å². The number of rotatable bonds is 0. The number of nitrogens with one attached hydrogen (secondary N) is 1. The Morgan fingerprint density at radius 2 is 2.42 bits per heavy atom. The standard InChI is InChI=1S/C8H8N4/c1-2-11-12-7-5-9-3-6(7)4-10-8(1)12/h1-2,4,9H,3,5H2. The average molecular weight is 160 g/mol. The molecule has 0 aliphatic carbocycles. The fourth-order valence-corrected chi connectivity index (χ4v) is 1.61. The van der Waals surface area contributed by atoms with Crippen LogP contribution in [0.2, 0.25) is 0 Å². The highest BCUT2D eigenvalue weighted by atomic mass is 15.3. The zero-order valence-electron chi connectivity index (χ0n) is 6.49. The van der Waals surface area contributed by atoms with Gasteiger partial charge in [0.25, 0.3) is 0 Å². The molecule has 1 N–H and O–H groups in total. The molecule has 3 rings (SSSR count). The number of nitrogens with zero attached hydrogens (tertiary/aromatic N) is 3. The van der Waals surface area contributed by atoms with Gasteiger partial charge in [-0.25, -0.2) is 9.50 Å². The van der Waals surface area contributed by atoms with E-state index in [-0.39, 0.29) is 0 Å². The maximum absolute atomic E-state index is 4.27. The Morgan fingerprint density at radius 3 is 3.42 bits per heavy atom. The van der Waals surface area contributed by atoms with Gasteiger partial charge >= 0.3 is 0 Å². The second-order valence-electron chi connectivity index (χ2n) is 2.93. The lowest BCUT2D eigenvalue weighted by Crippen LogP contribution is -2.02. The van der Waals surface area contributed by atoms with Crippen molar-refractivity contribution in [2.24, 2.45) is 0 Å². The van der Waals surface area contributed by atoms with Crippen LogP contribution in [0.25, 0.3) is 5.65 Å². The van der Waals surface area contributed by atoms with E-state index in [1.165, 1.54) is 11.3 Å². The molecule has 0 fully saturated rings. The smallest absolute Gasteiger partial charge is 0.155 e. The van der Waals surface area contributed by atoms with Crippen molar-refractivity contribution in [3.05, 3.63) is 29.7 Å². The SMILES string of the molecule is c1cc2ncc3c(n2n1)CNC3. The molecule has 2 aromatic rings. The monoisotopic (exact) mass is 160 g/mol. The van der Waals surface area contributed by atoms with Crippen molar-refractivity contribution in [3.8, 4) is 0 Å². The minimum absolute atomic E-state index is 0.899. The Labute approximate surface area is 69.2 Å². The van der Waals surface area contributed by atoms with E-state index in [9.17, 15) is 0 Å². The molecular weight excluding hydrogens is 152 g/mol. The van der Waals surface area contributed by atoms with Gasteiger partial charge in [-0.3, -0.25) is 0 Å². The second-order valence-corrected chi connectivity index (χ2v) is 2.93. The Morgan fingerprint density at radius 1 is 1.42 bits per heavy atom. The molecule has 0 spiro atoms. The normalized spacial score (nSPS) is 15.3. The molecule has 12 heavy (non-hydrogen) atoms. The molecule has 0 amide bonds. The summed E-state index contributed by atoms with van der Waals surface area (Å²) in [5.41, 5.74) is 3.42. The molecule has 4 nitrogen and oxygen atoms in total. The van der Waals surface area contributed by atoms with Crippen LogP contribution < -0.4 is 5.32 Å². The number of aromatic nitrogens is 3. The summed E-state index contributed by atoms with van der Waals surface area (Å²) in [6.45, 7) is 1.81. The highest BCUT2D eigenvalue weighted by Gasteiger charge is 2.13. The lowest BCUT2D eigenvalue weighted by atomic mass is 10.3. The van der Waals surface area contributed by atoms with Crippen molar-refractivity contribution in [1.29, 1.82) is 0 Å². The molecule has 1 aliphatic rings. The summed E-state index contributed by atoms with van der Waals surface area (Å²) in [5.74, 6) is 0. The van der Waals surface area contributed by atoms with Gasteiger partial charge in [-0.15, -0.1) is 0 Å². The molecule has 0 bridgehead atoms. The van der Waals surface area contributed by atoms with E-state index < -0.39 is 0 Å². The number of fused-ring (bicyclic) bond motifs is 3. The largest absolute Gasteiger partial charge is 0.307 e. The lowest BCUT2D eigenvalue weighted by Gasteiger charge is -1.99. The zero-order chi connectivity index (χ0) is 7.97. The highest BCUT2D eigenvalue weighted by molar-refractivity contribution is 5.40. The van der Waals surface area contributed by atoms with E-state index in [0.717, 1.165) is 18.7 Å². The predicted octanol–water partition coefficient (Wildman–Crippen LogP) is 0.332. The first kappa shape index (κ1) is 6.14. The summed E-state index contributed by atoms with van der Waals surface area (Å²) in [5, 5.41) is 7.47. The van der Waals surface area contributed by atoms with E-state index in [4.69, 9.17) is 0 Å². The zero-order valence-corrected chi connectivity index (χ0v) is 6.49. The van der Waals surface area contributed by atoms with Crippen LogP contribution in [0.4, 0.5) is 0 Å². The Balaban J connectivity index is 2.46. The molecule has 4 heteroatoms. The van der Waals surface area contributed by atoms with E-state index in [0.29, 0.717) is 0 Å². The molecule has 0 saturated carbocycles. The van der Waals surface area contributed by atoms with E-state index in [2.05, 4.69) is 15.4 Å². The fraction of sp³-hybridized carbons (Fsp3) is 0.250. The van der Waals surface area contributed by atoms with E-state index in [1.807, 2.05) is 16.8 Å². The second kappa shape index (κ2) is 2.04. The van der Waals surface area contributed by atoms with Gasteiger partial charge in [0.1, 0.15) is 0 Å². The van der Waals surface area contributed by atoms with Crippen LogP contribution in [0.3, 0.4) is 0 Å². The van der Waals surface area contributed by atoms with Crippen molar-refractivity contribution in [3.63, 3.8) is 0 Å². The Kier molecular flexibility index (Phi) is 1.04. The van der Waals surface area contributed by atoms with Crippen molar-refractivity contribution in [2.75, 3.05) is 0 Å². The third-order valence-corrected chi connectivity index (χ3v) is 2.21. The van der Waals surface area contributed by atoms with Crippen LogP contribution in [0, 0.1) is 0 Å². The molecule has 0 radical (unpaired) electrons. The Hall–Kier alpha value is -1.42. The molecule has 0 aromatic carbocycles. The van der Waals surface area contributed by atoms with Crippen LogP contribution in [0.15, 0.2) is 18.5 Å². The molecule has 60 valence electrons. The highest BCUT2D eigenvalue weighted by Crippen LogP contribution is 2.14. The summed E-state index contributed by atoms with van der Waals surface area (Å²) >= 11 is 0. The quantitative estimate of drug-likeness (QED) is 0.604. The third-order valence-electron chi connectivity index (χ3n) is 2.21. The topological polar surface area (TPSA) is 42.2 Å². The summed E-state index contributed by atoms with van der Waals surface area (Å²) < 4.78 is 1.90. The molecule has 0 saturated heterocycles. The third kappa shape index (κ3) is 0.648. The summed E-state index contributed by atoms with van der Waals surface area (Å²) in [4.78, 5) is 4.27. The first-order chi connectivity index (χ1) is 5.95. The van der Waals surface area contributed by atoms with Crippen LogP contribution in [0.1, 0.15) is 11.3 Å². The van der Waals surface area contributed by atoms with Crippen LogP contribution >= 0.6 is 0 Å². The van der Waals surface area contributed by atoms with Crippen LogP contribution in [-0.2, 0) is 13.1 Å². The lowest BCUT2D eigenvalue weighted by molar-refractivity contribution is 0.741. The predicted molar refractivity (Wildman–Crippen MR) is 43.5 cm³/mol. The summed E-state index contributed by atoms with van der Waals surface area (Å²) in [6.07, 6.45) is 3.70. The first-order valence-corrected chi connectivity index (χ1v) is 3.96. The maximum atomic E-state index is 4.27. The van der Waals surface area contributed by atoms with Crippen LogP contribution in [-0.4, -0.2) is 14.6 Å². The van der Waals surface area contributed by atoms with Gasteiger partial charge in [0, 0.05) is 30.9 Å². The minimum atomic E-state index is 0.899. The van der Waals surface area contributed by atoms with Crippen molar-refractivity contribution >= 4 is 5.65 Å². The van der Waals surface area contributed by atoms with Crippen molar-refractivity contribution in [2.45, 2.75) is 13.1 Å². The molecular formula is C8H8N4. The van der Waals surface area contributed by atoms with Gasteiger partial charge in [0.15, 0.2) is 5.65 Å². The van der Waals surface area contributed by atoms with Crippen LogP contribution in [0.5, 0.6) is 0 Å². The average Bonchev–Trinajstić information content (AvgIpc) is 2.71. The summed E-state index contributed by atoms with van der Waals surface area (Å²) in [6, 6.07) is 1.92. The van der Waals surface area contributed by atoms with Gasteiger partial charge in [0.05, 0.1) is 11.9 Å². The first-order valence-electron chi connectivity index (χ1n) is 3.96.